The third kappa shape index (κ3) is 3.54. The number of nitrogens with one attached hydrogen (secondary N) is 1. The molecule has 1 aliphatic heterocycles. The van der Waals surface area contributed by atoms with E-state index in [1.165, 1.54) is 33.2 Å². The van der Waals surface area contributed by atoms with Crippen molar-refractivity contribution in [1.82, 2.24) is 9.21 Å². The maximum Gasteiger partial charge on any atom is 0.262 e. The molecule has 0 radical (unpaired) electrons. The smallest absolute Gasteiger partial charge is 0.262 e. The summed E-state index contributed by atoms with van der Waals surface area (Å²) in [5.41, 5.74) is 1.45. The van der Waals surface area contributed by atoms with E-state index >= 15 is 0 Å². The minimum Gasteiger partial charge on any atom is -0.324 e. The summed E-state index contributed by atoms with van der Waals surface area (Å²) >= 11 is 0. The van der Waals surface area contributed by atoms with E-state index in [1.54, 1.807) is 37.3 Å². The predicted octanol–water partition coefficient (Wildman–Crippen LogP) is 1.87. The van der Waals surface area contributed by atoms with Gasteiger partial charge < -0.3 is 5.32 Å². The second-order valence-electron chi connectivity index (χ2n) is 6.96. The monoisotopic (exact) mass is 415 g/mol. The molecule has 0 unspecified atom stereocenters. The fraction of sp³-hybridized carbons (Fsp3) is 0.250. The van der Waals surface area contributed by atoms with Crippen LogP contribution in [0.3, 0.4) is 0 Å². The molecule has 8 nitrogen and oxygen atoms in total. The second kappa shape index (κ2) is 7.41. The van der Waals surface area contributed by atoms with Crippen LogP contribution in [0.1, 0.15) is 33.2 Å². The van der Waals surface area contributed by atoms with Crippen LogP contribution in [-0.4, -0.2) is 55.5 Å². The number of imide groups is 1. The average molecular weight is 415 g/mol. The van der Waals surface area contributed by atoms with Crippen molar-refractivity contribution in [3.63, 3.8) is 0 Å². The van der Waals surface area contributed by atoms with Crippen LogP contribution in [0.15, 0.2) is 47.4 Å². The summed E-state index contributed by atoms with van der Waals surface area (Å²) in [5.74, 6) is -1.66. The van der Waals surface area contributed by atoms with E-state index in [-0.39, 0.29) is 16.0 Å². The molecule has 0 fully saturated rings. The molecule has 1 heterocycles. The Morgan fingerprint density at radius 2 is 1.59 bits per heavy atom. The van der Waals surface area contributed by atoms with Gasteiger partial charge in [0.2, 0.25) is 15.9 Å². The van der Waals surface area contributed by atoms with Gasteiger partial charge in [0.1, 0.15) is 6.04 Å². The summed E-state index contributed by atoms with van der Waals surface area (Å²) in [5, 5.41) is 2.64. The number of rotatable bonds is 5. The largest absolute Gasteiger partial charge is 0.324 e. The first-order valence-corrected chi connectivity index (χ1v) is 10.3. The number of amides is 3. The topological polar surface area (TPSA) is 104 Å². The molecule has 152 valence electrons. The van der Waals surface area contributed by atoms with Crippen LogP contribution < -0.4 is 5.32 Å². The van der Waals surface area contributed by atoms with Crippen LogP contribution in [-0.2, 0) is 14.8 Å². The number of aryl methyl sites for hydroxylation is 1. The van der Waals surface area contributed by atoms with Gasteiger partial charge in [0.25, 0.3) is 11.8 Å². The lowest BCUT2D eigenvalue weighted by Gasteiger charge is -2.22. The number of carbonyl (C=O) groups excluding carboxylic acids is 3. The van der Waals surface area contributed by atoms with Crippen molar-refractivity contribution in [2.45, 2.75) is 24.8 Å². The number of hydrogen-bond acceptors (Lipinski definition) is 5. The number of benzene rings is 2. The molecule has 9 heteroatoms. The van der Waals surface area contributed by atoms with Crippen molar-refractivity contribution in [1.29, 1.82) is 0 Å². The van der Waals surface area contributed by atoms with Crippen molar-refractivity contribution in [3.05, 3.63) is 59.2 Å². The van der Waals surface area contributed by atoms with Gasteiger partial charge in [-0.25, -0.2) is 12.7 Å². The molecule has 0 saturated heterocycles. The number of hydrogen-bond donors (Lipinski definition) is 1. The van der Waals surface area contributed by atoms with Gasteiger partial charge in [0.15, 0.2) is 0 Å². The second-order valence-corrected chi connectivity index (χ2v) is 9.11. The van der Waals surface area contributed by atoms with Gasteiger partial charge >= 0.3 is 0 Å². The molecule has 0 aromatic heterocycles. The molecule has 1 atom stereocenters. The van der Waals surface area contributed by atoms with Gasteiger partial charge in [-0.05, 0) is 43.7 Å². The Hall–Kier alpha value is -3.04. The Labute approximate surface area is 169 Å². The Morgan fingerprint density at radius 3 is 2.10 bits per heavy atom. The molecule has 29 heavy (non-hydrogen) atoms. The van der Waals surface area contributed by atoms with E-state index in [2.05, 4.69) is 5.32 Å². The summed E-state index contributed by atoms with van der Waals surface area (Å²) < 4.78 is 25.8. The Kier molecular flexibility index (Phi) is 5.29. The molecule has 0 spiro atoms. The highest BCUT2D eigenvalue weighted by atomic mass is 32.2. The van der Waals surface area contributed by atoms with Crippen molar-refractivity contribution >= 4 is 33.4 Å². The van der Waals surface area contributed by atoms with Crippen molar-refractivity contribution in [3.8, 4) is 0 Å². The molecule has 2 aromatic rings. The van der Waals surface area contributed by atoms with Gasteiger partial charge in [-0.2, -0.15) is 0 Å². The number of sulfonamides is 1. The summed E-state index contributed by atoms with van der Waals surface area (Å²) in [7, 11) is -0.849. The normalized spacial score (nSPS) is 14.9. The Morgan fingerprint density at radius 1 is 1.03 bits per heavy atom. The van der Waals surface area contributed by atoms with E-state index in [9.17, 15) is 22.8 Å². The number of fused-ring (bicyclic) bond motifs is 1. The first-order chi connectivity index (χ1) is 13.6. The molecular formula is C20H21N3O5S. The standard InChI is InChI=1S/C20H21N3O5S/c1-12-9-10-14(29(27,28)22(3)4)11-17(12)21-18(24)13(2)23-19(25)15-7-5-6-8-16(15)20(23)26/h5-11,13H,1-4H3,(H,21,24)/t13-/m1/s1. The first kappa shape index (κ1) is 20.7. The van der Waals surface area contributed by atoms with Gasteiger partial charge in [-0.1, -0.05) is 18.2 Å². The molecule has 1 N–H and O–H groups in total. The maximum absolute atomic E-state index is 12.8. The lowest BCUT2D eigenvalue weighted by atomic mass is 10.1. The van der Waals surface area contributed by atoms with Crippen LogP contribution in [0, 0.1) is 6.92 Å². The molecule has 0 saturated carbocycles. The molecule has 2 aromatic carbocycles. The summed E-state index contributed by atoms with van der Waals surface area (Å²) in [4.78, 5) is 38.9. The quantitative estimate of drug-likeness (QED) is 0.751. The molecule has 1 aliphatic rings. The van der Waals surface area contributed by atoms with Crippen LogP contribution >= 0.6 is 0 Å². The molecule has 0 bridgehead atoms. The maximum atomic E-state index is 12.8. The summed E-state index contributed by atoms with van der Waals surface area (Å²) in [6.45, 7) is 3.17. The first-order valence-electron chi connectivity index (χ1n) is 8.86. The van der Waals surface area contributed by atoms with E-state index in [1.807, 2.05) is 0 Å². The lowest BCUT2D eigenvalue weighted by molar-refractivity contribution is -0.119. The Balaban J connectivity index is 1.86. The zero-order valence-electron chi connectivity index (χ0n) is 16.5. The minimum atomic E-state index is -3.68. The van der Waals surface area contributed by atoms with Crippen LogP contribution in [0.25, 0.3) is 0 Å². The molecule has 3 amide bonds. The fourth-order valence-electron chi connectivity index (χ4n) is 3.02. The van der Waals surface area contributed by atoms with Gasteiger partial charge in [0, 0.05) is 19.8 Å². The van der Waals surface area contributed by atoms with Crippen molar-refractivity contribution in [2.24, 2.45) is 0 Å². The zero-order valence-corrected chi connectivity index (χ0v) is 17.3. The average Bonchev–Trinajstić information content (AvgIpc) is 2.93. The van der Waals surface area contributed by atoms with Gasteiger partial charge in [0.05, 0.1) is 16.0 Å². The molecular weight excluding hydrogens is 394 g/mol. The van der Waals surface area contributed by atoms with E-state index in [0.29, 0.717) is 11.3 Å². The van der Waals surface area contributed by atoms with Crippen LogP contribution in [0.5, 0.6) is 0 Å². The van der Waals surface area contributed by atoms with Crippen molar-refractivity contribution < 1.29 is 22.8 Å². The zero-order chi connectivity index (χ0) is 21.5. The highest BCUT2D eigenvalue weighted by molar-refractivity contribution is 7.89. The minimum absolute atomic E-state index is 0.0248. The number of nitrogens with zero attached hydrogens (tertiary/aromatic N) is 2. The number of anilines is 1. The molecule has 0 aliphatic carbocycles. The van der Waals surface area contributed by atoms with Crippen LogP contribution in [0.4, 0.5) is 5.69 Å². The third-order valence-electron chi connectivity index (χ3n) is 4.84. The summed E-state index contributed by atoms with van der Waals surface area (Å²) in [6.07, 6.45) is 0. The highest BCUT2D eigenvalue weighted by Gasteiger charge is 2.40. The highest BCUT2D eigenvalue weighted by Crippen LogP contribution is 2.26. The van der Waals surface area contributed by atoms with E-state index in [0.717, 1.165) is 9.21 Å². The predicted molar refractivity (Wildman–Crippen MR) is 107 cm³/mol. The van der Waals surface area contributed by atoms with E-state index < -0.39 is 33.8 Å². The lowest BCUT2D eigenvalue weighted by Crippen LogP contribution is -2.45. The van der Waals surface area contributed by atoms with Gasteiger partial charge in [-0.15, -0.1) is 0 Å². The SMILES string of the molecule is Cc1ccc(S(=O)(=O)N(C)C)cc1NC(=O)[C@@H](C)N1C(=O)c2ccccc2C1=O. The van der Waals surface area contributed by atoms with Gasteiger partial charge in [-0.3, -0.25) is 19.3 Å². The third-order valence-corrected chi connectivity index (χ3v) is 6.65. The molecule has 3 rings (SSSR count). The Bertz CT molecular complexity index is 1090. The van der Waals surface area contributed by atoms with Crippen molar-refractivity contribution in [2.75, 3.05) is 19.4 Å². The summed E-state index contributed by atoms with van der Waals surface area (Å²) in [6, 6.07) is 9.71. The van der Waals surface area contributed by atoms with E-state index in [4.69, 9.17) is 0 Å². The van der Waals surface area contributed by atoms with Crippen LogP contribution in [0.2, 0.25) is 0 Å². The number of carbonyl (C=O) groups is 3. The fourth-order valence-corrected chi connectivity index (χ4v) is 3.95.